The number of aryl methyl sites for hydroxylation is 1. The Hall–Kier alpha value is -1.71. The van der Waals surface area contributed by atoms with Gasteiger partial charge < -0.3 is 16.4 Å². The molecule has 3 rings (SSSR count). The van der Waals surface area contributed by atoms with Gasteiger partial charge in [-0.2, -0.15) is 0 Å². The molecule has 0 saturated heterocycles. The van der Waals surface area contributed by atoms with E-state index in [9.17, 15) is 4.79 Å². The zero-order valence-electron chi connectivity index (χ0n) is 10.5. The van der Waals surface area contributed by atoms with E-state index >= 15 is 0 Å². The van der Waals surface area contributed by atoms with Crippen LogP contribution in [0.4, 0.5) is 17.1 Å². The van der Waals surface area contributed by atoms with Crippen LogP contribution < -0.4 is 16.4 Å². The van der Waals surface area contributed by atoms with Crippen molar-refractivity contribution in [2.75, 3.05) is 16.4 Å². The number of hydrogen-bond acceptors (Lipinski definition) is 3. The second-order valence-corrected chi connectivity index (χ2v) is 5.27. The summed E-state index contributed by atoms with van der Waals surface area (Å²) in [6, 6.07) is 4.51. The van der Waals surface area contributed by atoms with Crippen molar-refractivity contribution in [3.8, 4) is 0 Å². The van der Waals surface area contributed by atoms with Crippen molar-refractivity contribution in [1.29, 1.82) is 0 Å². The van der Waals surface area contributed by atoms with Crippen molar-refractivity contribution in [3.63, 3.8) is 0 Å². The summed E-state index contributed by atoms with van der Waals surface area (Å²) in [5.41, 5.74) is 9.89. The quantitative estimate of drug-likeness (QED) is 0.701. The molecule has 18 heavy (non-hydrogen) atoms. The van der Waals surface area contributed by atoms with Crippen LogP contribution in [0.25, 0.3) is 0 Å². The van der Waals surface area contributed by atoms with Crippen molar-refractivity contribution in [3.05, 3.63) is 17.7 Å². The van der Waals surface area contributed by atoms with Crippen molar-refractivity contribution >= 4 is 23.0 Å². The SMILES string of the molecule is Nc1cc2c(cc1NC1CCCC1)NC(=O)CC2. The molecule has 4 nitrogen and oxygen atoms in total. The number of nitrogen functional groups attached to an aromatic ring is 1. The minimum atomic E-state index is 0.0964. The molecule has 1 saturated carbocycles. The van der Waals surface area contributed by atoms with Gasteiger partial charge in [-0.3, -0.25) is 4.79 Å². The van der Waals surface area contributed by atoms with Crippen LogP contribution in [0.2, 0.25) is 0 Å². The molecule has 0 spiro atoms. The van der Waals surface area contributed by atoms with Crippen molar-refractivity contribution < 1.29 is 4.79 Å². The topological polar surface area (TPSA) is 67.2 Å². The highest BCUT2D eigenvalue weighted by molar-refractivity contribution is 5.95. The first kappa shape index (κ1) is 11.4. The fourth-order valence-corrected chi connectivity index (χ4v) is 2.86. The Labute approximate surface area is 107 Å². The zero-order valence-corrected chi connectivity index (χ0v) is 10.5. The number of anilines is 3. The average Bonchev–Trinajstić information content (AvgIpc) is 2.83. The summed E-state index contributed by atoms with van der Waals surface area (Å²) in [5, 5.41) is 6.42. The van der Waals surface area contributed by atoms with Gasteiger partial charge in [0.2, 0.25) is 5.91 Å². The number of amides is 1. The molecule has 0 radical (unpaired) electrons. The first-order valence-corrected chi connectivity index (χ1v) is 6.71. The van der Waals surface area contributed by atoms with E-state index < -0.39 is 0 Å². The molecule has 1 aliphatic carbocycles. The van der Waals surface area contributed by atoms with Gasteiger partial charge in [-0.25, -0.2) is 0 Å². The van der Waals surface area contributed by atoms with Crippen molar-refractivity contribution in [1.82, 2.24) is 0 Å². The molecule has 1 aliphatic heterocycles. The van der Waals surface area contributed by atoms with Crippen LogP contribution in [0.3, 0.4) is 0 Å². The van der Waals surface area contributed by atoms with E-state index in [4.69, 9.17) is 5.73 Å². The summed E-state index contributed by atoms with van der Waals surface area (Å²) < 4.78 is 0. The maximum absolute atomic E-state index is 11.4. The number of carbonyl (C=O) groups excluding carboxylic acids is 1. The number of carbonyl (C=O) groups is 1. The van der Waals surface area contributed by atoms with Crippen LogP contribution in [0.15, 0.2) is 12.1 Å². The fraction of sp³-hybridized carbons (Fsp3) is 0.500. The standard InChI is InChI=1S/C14H19N3O/c15-11-7-9-5-6-14(18)17-12(9)8-13(11)16-10-3-1-2-4-10/h7-8,10,16H,1-6,15H2,(H,17,18). The second-order valence-electron chi connectivity index (χ2n) is 5.27. The van der Waals surface area contributed by atoms with Gasteiger partial charge in [-0.15, -0.1) is 0 Å². The van der Waals surface area contributed by atoms with E-state index in [1.54, 1.807) is 0 Å². The molecule has 1 amide bonds. The number of fused-ring (bicyclic) bond motifs is 1. The smallest absolute Gasteiger partial charge is 0.224 e. The molecular formula is C14H19N3O. The minimum absolute atomic E-state index is 0.0964. The highest BCUT2D eigenvalue weighted by Crippen LogP contribution is 2.33. The van der Waals surface area contributed by atoms with E-state index in [0.717, 1.165) is 29.0 Å². The lowest BCUT2D eigenvalue weighted by atomic mass is 10.0. The molecule has 0 bridgehead atoms. The zero-order chi connectivity index (χ0) is 12.5. The third kappa shape index (κ3) is 2.15. The fourth-order valence-electron chi connectivity index (χ4n) is 2.86. The molecule has 0 aromatic heterocycles. The number of nitrogens with two attached hydrogens (primary N) is 1. The molecule has 0 unspecified atom stereocenters. The molecule has 96 valence electrons. The van der Waals surface area contributed by atoms with Crippen LogP contribution in [0.5, 0.6) is 0 Å². The molecular weight excluding hydrogens is 226 g/mol. The van der Waals surface area contributed by atoms with Crippen LogP contribution in [0, 0.1) is 0 Å². The Morgan fingerprint density at radius 3 is 2.78 bits per heavy atom. The maximum atomic E-state index is 11.4. The summed E-state index contributed by atoms with van der Waals surface area (Å²) in [4.78, 5) is 11.4. The molecule has 0 atom stereocenters. The average molecular weight is 245 g/mol. The number of benzene rings is 1. The van der Waals surface area contributed by atoms with Gasteiger partial charge in [0, 0.05) is 18.2 Å². The Bertz CT molecular complexity index is 478. The van der Waals surface area contributed by atoms with Gasteiger partial charge in [-0.05, 0) is 37.0 Å². The molecule has 1 aromatic rings. The third-order valence-electron chi connectivity index (χ3n) is 3.89. The summed E-state index contributed by atoms with van der Waals surface area (Å²) in [6.07, 6.45) is 6.35. The predicted molar refractivity (Wildman–Crippen MR) is 73.7 cm³/mol. The lowest BCUT2D eigenvalue weighted by molar-refractivity contribution is -0.116. The van der Waals surface area contributed by atoms with Crippen LogP contribution in [0.1, 0.15) is 37.7 Å². The number of rotatable bonds is 2. The minimum Gasteiger partial charge on any atom is -0.397 e. The van der Waals surface area contributed by atoms with Gasteiger partial charge in [0.1, 0.15) is 0 Å². The van der Waals surface area contributed by atoms with Gasteiger partial charge in [0.15, 0.2) is 0 Å². The Morgan fingerprint density at radius 1 is 1.22 bits per heavy atom. The molecule has 4 N–H and O–H groups in total. The number of nitrogens with one attached hydrogen (secondary N) is 2. The molecule has 2 aliphatic rings. The lowest BCUT2D eigenvalue weighted by Crippen LogP contribution is -2.21. The predicted octanol–water partition coefficient (Wildman–Crippen LogP) is 2.51. The Morgan fingerprint density at radius 2 is 2.00 bits per heavy atom. The summed E-state index contributed by atoms with van der Waals surface area (Å²) in [5.74, 6) is 0.0964. The molecule has 1 fully saturated rings. The van der Waals surface area contributed by atoms with Gasteiger partial charge in [0.05, 0.1) is 11.4 Å². The highest BCUT2D eigenvalue weighted by atomic mass is 16.1. The normalized spacial score (nSPS) is 19.4. The van der Waals surface area contributed by atoms with Crippen LogP contribution in [-0.4, -0.2) is 11.9 Å². The first-order chi connectivity index (χ1) is 8.72. The Balaban J connectivity index is 1.85. The maximum Gasteiger partial charge on any atom is 0.224 e. The largest absolute Gasteiger partial charge is 0.397 e. The molecule has 1 aromatic carbocycles. The van der Waals surface area contributed by atoms with E-state index in [2.05, 4.69) is 10.6 Å². The van der Waals surface area contributed by atoms with Crippen LogP contribution in [-0.2, 0) is 11.2 Å². The van der Waals surface area contributed by atoms with E-state index in [1.807, 2.05) is 12.1 Å². The van der Waals surface area contributed by atoms with Gasteiger partial charge >= 0.3 is 0 Å². The first-order valence-electron chi connectivity index (χ1n) is 6.71. The summed E-state index contributed by atoms with van der Waals surface area (Å²) >= 11 is 0. The van der Waals surface area contributed by atoms with E-state index in [0.29, 0.717) is 12.5 Å². The summed E-state index contributed by atoms with van der Waals surface area (Å²) in [7, 11) is 0. The van der Waals surface area contributed by atoms with E-state index in [-0.39, 0.29) is 5.91 Å². The molecule has 1 heterocycles. The third-order valence-corrected chi connectivity index (χ3v) is 3.89. The van der Waals surface area contributed by atoms with Crippen LogP contribution >= 0.6 is 0 Å². The second kappa shape index (κ2) is 4.52. The van der Waals surface area contributed by atoms with Crippen molar-refractivity contribution in [2.45, 2.75) is 44.6 Å². The monoisotopic (exact) mass is 245 g/mol. The highest BCUT2D eigenvalue weighted by Gasteiger charge is 2.19. The van der Waals surface area contributed by atoms with Gasteiger partial charge in [-0.1, -0.05) is 12.8 Å². The number of hydrogen-bond donors (Lipinski definition) is 3. The Kier molecular flexibility index (Phi) is 2.86. The van der Waals surface area contributed by atoms with Gasteiger partial charge in [0.25, 0.3) is 0 Å². The lowest BCUT2D eigenvalue weighted by Gasteiger charge is -2.21. The summed E-state index contributed by atoms with van der Waals surface area (Å²) in [6.45, 7) is 0. The van der Waals surface area contributed by atoms with E-state index in [1.165, 1.54) is 25.7 Å². The van der Waals surface area contributed by atoms with Crippen molar-refractivity contribution in [2.24, 2.45) is 0 Å². The molecule has 4 heteroatoms.